The summed E-state index contributed by atoms with van der Waals surface area (Å²) in [6, 6.07) is 4.43. The number of aromatic nitrogens is 2. The minimum atomic E-state index is -4.41. The second-order valence-corrected chi connectivity index (χ2v) is 5.26. The molecule has 3 rings (SSSR count). The Bertz CT molecular complexity index is 809. The first-order valence-corrected chi connectivity index (χ1v) is 6.91. The van der Waals surface area contributed by atoms with E-state index in [9.17, 15) is 18.0 Å². The van der Waals surface area contributed by atoms with Gasteiger partial charge < -0.3 is 9.36 Å². The van der Waals surface area contributed by atoms with Crippen LogP contribution < -0.4 is 0 Å². The summed E-state index contributed by atoms with van der Waals surface area (Å²) < 4.78 is 42.9. The molecule has 6 nitrogen and oxygen atoms in total. The van der Waals surface area contributed by atoms with Crippen LogP contribution in [-0.2, 0) is 15.8 Å². The summed E-state index contributed by atoms with van der Waals surface area (Å²) >= 11 is 0. The lowest BCUT2D eigenvalue weighted by Crippen LogP contribution is -2.27. The molecule has 9 heteroatoms. The van der Waals surface area contributed by atoms with Crippen LogP contribution in [0.4, 0.5) is 13.2 Å². The van der Waals surface area contributed by atoms with Gasteiger partial charge in [0.2, 0.25) is 5.82 Å². The highest BCUT2D eigenvalue weighted by Crippen LogP contribution is 2.32. The van der Waals surface area contributed by atoms with Crippen LogP contribution >= 0.6 is 0 Å². The number of alkyl halides is 3. The summed E-state index contributed by atoms with van der Waals surface area (Å²) in [6.07, 6.45) is -4.31. The number of halogens is 3. The van der Waals surface area contributed by atoms with Gasteiger partial charge in [-0.05, 0) is 24.6 Å². The number of carbonyl (C=O) groups excluding carboxylic acids is 1. The predicted octanol–water partition coefficient (Wildman–Crippen LogP) is 3.28. The Hall–Kier alpha value is -2.84. The van der Waals surface area contributed by atoms with Crippen LogP contribution in [0, 0.1) is 0 Å². The highest BCUT2D eigenvalue weighted by molar-refractivity contribution is 5.79. The van der Waals surface area contributed by atoms with E-state index in [1.54, 1.807) is 6.92 Å². The number of hydrogen-bond acceptors (Lipinski definition) is 6. The van der Waals surface area contributed by atoms with Crippen LogP contribution in [0.1, 0.15) is 24.8 Å². The Morgan fingerprint density at radius 2 is 1.88 bits per heavy atom. The Morgan fingerprint density at radius 1 is 1.21 bits per heavy atom. The minimum absolute atomic E-state index is 0.0949. The molecule has 0 fully saturated rings. The van der Waals surface area contributed by atoms with Crippen molar-refractivity contribution in [2.24, 2.45) is 0 Å². The topological polar surface area (TPSA) is 68.5 Å². The van der Waals surface area contributed by atoms with Crippen LogP contribution in [0.25, 0.3) is 17.1 Å². The van der Waals surface area contributed by atoms with E-state index in [0.29, 0.717) is 16.8 Å². The molecule has 1 aliphatic heterocycles. The number of carbonyl (C=O) groups is 1. The molecular formula is C15H12F3N3O3. The molecule has 24 heavy (non-hydrogen) atoms. The van der Waals surface area contributed by atoms with Crippen LogP contribution in [0.15, 0.2) is 34.4 Å². The molecule has 126 valence electrons. The van der Waals surface area contributed by atoms with Crippen molar-refractivity contribution in [1.29, 1.82) is 0 Å². The largest absolute Gasteiger partial charge is 0.416 e. The van der Waals surface area contributed by atoms with Crippen molar-refractivity contribution in [2.45, 2.75) is 19.5 Å². The number of nitrogens with zero attached hydrogens (tertiary/aromatic N) is 3. The molecule has 0 aliphatic carbocycles. The summed E-state index contributed by atoms with van der Waals surface area (Å²) in [6.45, 7) is 1.73. The van der Waals surface area contributed by atoms with E-state index < -0.39 is 17.7 Å². The lowest BCUT2D eigenvalue weighted by molar-refractivity contribution is -0.172. The second kappa shape index (κ2) is 5.66. The summed E-state index contributed by atoms with van der Waals surface area (Å²) in [5.74, 6) is -0.136. The van der Waals surface area contributed by atoms with E-state index in [1.165, 1.54) is 24.2 Å². The van der Waals surface area contributed by atoms with Gasteiger partial charge in [0.1, 0.15) is 5.70 Å². The zero-order valence-corrected chi connectivity index (χ0v) is 12.7. The van der Waals surface area contributed by atoms with E-state index in [1.807, 2.05) is 0 Å². The quantitative estimate of drug-likeness (QED) is 0.836. The van der Waals surface area contributed by atoms with E-state index in [2.05, 4.69) is 10.1 Å². The third-order valence-corrected chi connectivity index (χ3v) is 3.47. The monoisotopic (exact) mass is 339 g/mol. The summed E-state index contributed by atoms with van der Waals surface area (Å²) in [5, 5.41) is 5.00. The molecule has 0 spiro atoms. The van der Waals surface area contributed by atoms with Gasteiger partial charge in [0.25, 0.3) is 5.89 Å². The molecule has 0 unspecified atom stereocenters. The number of rotatable bonds is 2. The van der Waals surface area contributed by atoms with E-state index >= 15 is 0 Å². The van der Waals surface area contributed by atoms with Crippen LogP contribution in [0.2, 0.25) is 0 Å². The molecule has 1 aromatic carbocycles. The third-order valence-electron chi connectivity index (χ3n) is 3.47. The summed E-state index contributed by atoms with van der Waals surface area (Å²) in [5.41, 5.74) is 0.774. The van der Waals surface area contributed by atoms with Gasteiger partial charge in [0, 0.05) is 12.6 Å². The molecule has 0 amide bonds. The van der Waals surface area contributed by atoms with E-state index in [0.717, 1.165) is 12.1 Å². The molecule has 0 saturated carbocycles. The van der Waals surface area contributed by atoms with Gasteiger partial charge >= 0.3 is 12.1 Å². The Balaban J connectivity index is 1.91. The van der Waals surface area contributed by atoms with Gasteiger partial charge in [0.05, 0.1) is 12.0 Å². The van der Waals surface area contributed by atoms with Crippen LogP contribution in [0.5, 0.6) is 0 Å². The van der Waals surface area contributed by atoms with Gasteiger partial charge in [-0.25, -0.2) is 9.86 Å². The molecule has 1 aromatic heterocycles. The van der Waals surface area contributed by atoms with Crippen molar-refractivity contribution in [3.63, 3.8) is 0 Å². The molecule has 0 saturated heterocycles. The molecule has 1 aliphatic rings. The number of benzene rings is 1. The fourth-order valence-electron chi connectivity index (χ4n) is 2.36. The zero-order chi connectivity index (χ0) is 17.5. The van der Waals surface area contributed by atoms with Crippen molar-refractivity contribution in [2.75, 3.05) is 7.05 Å². The third kappa shape index (κ3) is 2.97. The molecule has 0 bridgehead atoms. The average Bonchev–Trinajstić information content (AvgIpc) is 2.95. The molecule has 0 atom stereocenters. The lowest BCUT2D eigenvalue weighted by atomic mass is 10.1. The maximum absolute atomic E-state index is 12.6. The Labute approximate surface area is 134 Å². The van der Waals surface area contributed by atoms with Crippen molar-refractivity contribution >= 4 is 11.7 Å². The first-order valence-electron chi connectivity index (χ1n) is 6.91. The maximum Gasteiger partial charge on any atom is 0.416 e. The second-order valence-electron chi connectivity index (χ2n) is 5.26. The van der Waals surface area contributed by atoms with Crippen LogP contribution in [-0.4, -0.2) is 28.2 Å². The number of hydroxylamine groups is 2. The van der Waals surface area contributed by atoms with Crippen LogP contribution in [0.3, 0.4) is 0 Å². The highest BCUT2D eigenvalue weighted by Gasteiger charge is 2.30. The summed E-state index contributed by atoms with van der Waals surface area (Å²) in [4.78, 5) is 20.5. The van der Waals surface area contributed by atoms with Crippen molar-refractivity contribution < 1.29 is 27.3 Å². The van der Waals surface area contributed by atoms with Gasteiger partial charge in [-0.2, -0.15) is 18.2 Å². The molecular weight excluding hydrogens is 327 g/mol. The lowest BCUT2D eigenvalue weighted by Gasteiger charge is -2.25. The molecule has 0 radical (unpaired) electrons. The van der Waals surface area contributed by atoms with Crippen molar-refractivity contribution in [3.8, 4) is 11.4 Å². The molecule has 2 heterocycles. The van der Waals surface area contributed by atoms with Crippen molar-refractivity contribution in [1.82, 2.24) is 15.2 Å². The fraction of sp³-hybridized carbons (Fsp3) is 0.267. The Morgan fingerprint density at radius 3 is 2.46 bits per heavy atom. The SMILES string of the molecule is CC1=C(c2nc(-c3ccc(C(F)(F)F)cc3)no2)N(C)OC(=O)C1. The maximum atomic E-state index is 12.6. The fourth-order valence-corrected chi connectivity index (χ4v) is 2.36. The zero-order valence-electron chi connectivity index (χ0n) is 12.7. The highest BCUT2D eigenvalue weighted by atomic mass is 19.4. The minimum Gasteiger partial charge on any atom is -0.341 e. The van der Waals surface area contributed by atoms with Gasteiger partial charge in [-0.15, -0.1) is 0 Å². The average molecular weight is 339 g/mol. The first-order chi connectivity index (χ1) is 11.3. The smallest absolute Gasteiger partial charge is 0.341 e. The summed E-state index contributed by atoms with van der Waals surface area (Å²) in [7, 11) is 1.53. The Kier molecular flexibility index (Phi) is 3.78. The normalized spacial score (nSPS) is 15.7. The van der Waals surface area contributed by atoms with E-state index in [-0.39, 0.29) is 18.1 Å². The molecule has 0 N–H and O–H groups in total. The molecule has 2 aromatic rings. The van der Waals surface area contributed by atoms with Crippen molar-refractivity contribution in [3.05, 3.63) is 41.3 Å². The van der Waals surface area contributed by atoms with Gasteiger partial charge in [-0.3, -0.25) is 0 Å². The van der Waals surface area contributed by atoms with Gasteiger partial charge in [0.15, 0.2) is 0 Å². The van der Waals surface area contributed by atoms with Gasteiger partial charge in [-0.1, -0.05) is 17.3 Å². The standard InChI is InChI=1S/C15H12F3N3O3/c1-8-7-11(22)24-21(2)12(8)14-19-13(20-23-14)9-3-5-10(6-4-9)15(16,17)18/h3-6H,7H2,1-2H3. The predicted molar refractivity (Wildman–Crippen MR) is 75.8 cm³/mol. The first kappa shape index (κ1) is 16.0. The number of hydrogen-bond donors (Lipinski definition) is 0. The van der Waals surface area contributed by atoms with E-state index in [4.69, 9.17) is 9.36 Å².